The molecule has 1 N–H and O–H groups in total. The molecule has 1 aliphatic rings. The standard InChI is InChI=1S/C15H31N/c1-6-10-16-14(11-12(2)3)13-8-7-9-15(13,4)5/h12-14,16H,6-11H2,1-5H3. The van der Waals surface area contributed by atoms with Gasteiger partial charge in [0, 0.05) is 6.04 Å². The Morgan fingerprint density at radius 2 is 2.00 bits per heavy atom. The second-order valence-electron chi connectivity index (χ2n) is 6.68. The number of hydrogen-bond acceptors (Lipinski definition) is 1. The Kier molecular flexibility index (Phi) is 5.30. The first-order valence-corrected chi connectivity index (χ1v) is 7.20. The summed E-state index contributed by atoms with van der Waals surface area (Å²) in [5.74, 6) is 1.70. The molecule has 0 aromatic heterocycles. The highest BCUT2D eigenvalue weighted by molar-refractivity contribution is 4.92. The van der Waals surface area contributed by atoms with Crippen LogP contribution in [-0.4, -0.2) is 12.6 Å². The normalized spacial score (nSPS) is 26.2. The second kappa shape index (κ2) is 6.05. The van der Waals surface area contributed by atoms with Gasteiger partial charge in [-0.05, 0) is 49.5 Å². The minimum Gasteiger partial charge on any atom is -0.314 e. The lowest BCUT2D eigenvalue weighted by atomic mass is 9.75. The molecule has 0 aromatic carbocycles. The van der Waals surface area contributed by atoms with E-state index in [1.165, 1.54) is 38.6 Å². The summed E-state index contributed by atoms with van der Waals surface area (Å²) in [6.45, 7) is 13.1. The largest absolute Gasteiger partial charge is 0.314 e. The molecule has 1 fully saturated rings. The van der Waals surface area contributed by atoms with Crippen molar-refractivity contribution in [3.8, 4) is 0 Å². The van der Waals surface area contributed by atoms with E-state index < -0.39 is 0 Å². The molecule has 1 nitrogen and oxygen atoms in total. The molecule has 16 heavy (non-hydrogen) atoms. The van der Waals surface area contributed by atoms with Gasteiger partial charge < -0.3 is 5.32 Å². The van der Waals surface area contributed by atoms with E-state index in [-0.39, 0.29) is 0 Å². The Labute approximate surface area is 102 Å². The van der Waals surface area contributed by atoms with Crippen LogP contribution in [0.25, 0.3) is 0 Å². The van der Waals surface area contributed by atoms with Crippen molar-refractivity contribution in [1.82, 2.24) is 5.32 Å². The Hall–Kier alpha value is -0.0400. The van der Waals surface area contributed by atoms with Crippen LogP contribution in [0.2, 0.25) is 0 Å². The fourth-order valence-corrected chi connectivity index (χ4v) is 3.33. The minimum absolute atomic E-state index is 0.556. The maximum Gasteiger partial charge on any atom is 0.0103 e. The zero-order chi connectivity index (χ0) is 12.2. The van der Waals surface area contributed by atoms with E-state index in [2.05, 4.69) is 39.9 Å². The van der Waals surface area contributed by atoms with Crippen molar-refractivity contribution in [3.63, 3.8) is 0 Å². The van der Waals surface area contributed by atoms with Crippen LogP contribution >= 0.6 is 0 Å². The lowest BCUT2D eigenvalue weighted by Crippen LogP contribution is -2.42. The molecular formula is C15H31N. The Balaban J connectivity index is 2.59. The molecule has 2 atom stereocenters. The molecule has 96 valence electrons. The summed E-state index contributed by atoms with van der Waals surface area (Å²) >= 11 is 0. The van der Waals surface area contributed by atoms with E-state index in [0.29, 0.717) is 5.41 Å². The molecule has 0 radical (unpaired) electrons. The van der Waals surface area contributed by atoms with Crippen LogP contribution in [0.15, 0.2) is 0 Å². The van der Waals surface area contributed by atoms with Gasteiger partial charge in [0.1, 0.15) is 0 Å². The van der Waals surface area contributed by atoms with Crippen LogP contribution in [0.4, 0.5) is 0 Å². The first kappa shape index (κ1) is 14.0. The minimum atomic E-state index is 0.556. The summed E-state index contributed by atoms with van der Waals surface area (Å²) in [4.78, 5) is 0. The summed E-state index contributed by atoms with van der Waals surface area (Å²) in [5, 5.41) is 3.80. The van der Waals surface area contributed by atoms with E-state index in [1.54, 1.807) is 0 Å². The van der Waals surface area contributed by atoms with Crippen molar-refractivity contribution in [2.24, 2.45) is 17.3 Å². The third-order valence-corrected chi connectivity index (χ3v) is 4.21. The first-order chi connectivity index (χ1) is 7.47. The summed E-state index contributed by atoms with van der Waals surface area (Å²) < 4.78 is 0. The van der Waals surface area contributed by atoms with Gasteiger partial charge in [-0.2, -0.15) is 0 Å². The molecule has 0 spiro atoms. The summed E-state index contributed by atoms with van der Waals surface area (Å²) in [6, 6.07) is 0.748. The number of nitrogens with one attached hydrogen (secondary N) is 1. The van der Waals surface area contributed by atoms with Gasteiger partial charge in [-0.25, -0.2) is 0 Å². The second-order valence-corrected chi connectivity index (χ2v) is 6.68. The molecule has 0 aliphatic heterocycles. The van der Waals surface area contributed by atoms with Crippen molar-refractivity contribution < 1.29 is 0 Å². The molecule has 0 aromatic rings. The maximum absolute atomic E-state index is 3.80. The van der Waals surface area contributed by atoms with E-state index in [0.717, 1.165) is 17.9 Å². The maximum atomic E-state index is 3.80. The smallest absolute Gasteiger partial charge is 0.0103 e. The Morgan fingerprint density at radius 1 is 1.31 bits per heavy atom. The average Bonchev–Trinajstić information content (AvgIpc) is 2.52. The van der Waals surface area contributed by atoms with Crippen LogP contribution in [0.1, 0.15) is 66.7 Å². The van der Waals surface area contributed by atoms with Crippen LogP contribution < -0.4 is 5.32 Å². The fourth-order valence-electron chi connectivity index (χ4n) is 3.33. The van der Waals surface area contributed by atoms with Crippen molar-refractivity contribution >= 4 is 0 Å². The van der Waals surface area contributed by atoms with Gasteiger partial charge in [-0.1, -0.05) is 41.0 Å². The molecule has 0 bridgehead atoms. The molecule has 0 amide bonds. The third-order valence-electron chi connectivity index (χ3n) is 4.21. The summed E-state index contributed by atoms with van der Waals surface area (Å²) in [5.41, 5.74) is 0.556. The van der Waals surface area contributed by atoms with Crippen molar-refractivity contribution in [1.29, 1.82) is 0 Å². The molecule has 1 saturated carbocycles. The molecule has 1 aliphatic carbocycles. The highest BCUT2D eigenvalue weighted by atomic mass is 14.9. The van der Waals surface area contributed by atoms with E-state index in [4.69, 9.17) is 0 Å². The Bertz CT molecular complexity index is 196. The zero-order valence-corrected chi connectivity index (χ0v) is 12.0. The third kappa shape index (κ3) is 3.76. The molecule has 0 saturated heterocycles. The topological polar surface area (TPSA) is 12.0 Å². The average molecular weight is 225 g/mol. The van der Waals surface area contributed by atoms with Gasteiger partial charge in [0.15, 0.2) is 0 Å². The highest BCUT2D eigenvalue weighted by Gasteiger charge is 2.39. The van der Waals surface area contributed by atoms with Gasteiger partial charge in [-0.15, -0.1) is 0 Å². The number of hydrogen-bond donors (Lipinski definition) is 1. The predicted octanol–water partition coefficient (Wildman–Crippen LogP) is 4.23. The van der Waals surface area contributed by atoms with Crippen molar-refractivity contribution in [3.05, 3.63) is 0 Å². The molecule has 0 heterocycles. The van der Waals surface area contributed by atoms with Crippen molar-refractivity contribution in [2.45, 2.75) is 72.8 Å². The van der Waals surface area contributed by atoms with Gasteiger partial charge >= 0.3 is 0 Å². The monoisotopic (exact) mass is 225 g/mol. The lowest BCUT2D eigenvalue weighted by Gasteiger charge is -2.36. The highest BCUT2D eigenvalue weighted by Crippen LogP contribution is 2.45. The zero-order valence-electron chi connectivity index (χ0n) is 12.0. The first-order valence-electron chi connectivity index (χ1n) is 7.20. The van der Waals surface area contributed by atoms with E-state index >= 15 is 0 Å². The quantitative estimate of drug-likeness (QED) is 0.713. The van der Waals surface area contributed by atoms with Crippen LogP contribution in [0.5, 0.6) is 0 Å². The van der Waals surface area contributed by atoms with Crippen LogP contribution in [0.3, 0.4) is 0 Å². The Morgan fingerprint density at radius 3 is 2.44 bits per heavy atom. The summed E-state index contributed by atoms with van der Waals surface area (Å²) in [6.07, 6.45) is 6.87. The lowest BCUT2D eigenvalue weighted by molar-refractivity contribution is 0.179. The fraction of sp³-hybridized carbons (Fsp3) is 1.00. The van der Waals surface area contributed by atoms with E-state index in [9.17, 15) is 0 Å². The van der Waals surface area contributed by atoms with E-state index in [1.807, 2.05) is 0 Å². The van der Waals surface area contributed by atoms with Gasteiger partial charge in [0.2, 0.25) is 0 Å². The van der Waals surface area contributed by atoms with Gasteiger partial charge in [-0.3, -0.25) is 0 Å². The molecule has 1 rings (SSSR count). The molecule has 2 unspecified atom stereocenters. The van der Waals surface area contributed by atoms with Crippen LogP contribution in [-0.2, 0) is 0 Å². The van der Waals surface area contributed by atoms with Crippen LogP contribution in [0, 0.1) is 17.3 Å². The molecule has 1 heteroatoms. The van der Waals surface area contributed by atoms with Gasteiger partial charge in [0.25, 0.3) is 0 Å². The summed E-state index contributed by atoms with van der Waals surface area (Å²) in [7, 11) is 0. The van der Waals surface area contributed by atoms with Crippen molar-refractivity contribution in [2.75, 3.05) is 6.54 Å². The SMILES string of the molecule is CCCNC(CC(C)C)C1CCCC1(C)C. The van der Waals surface area contributed by atoms with Gasteiger partial charge in [0.05, 0.1) is 0 Å². The predicted molar refractivity (Wildman–Crippen MR) is 72.7 cm³/mol. The molecular weight excluding hydrogens is 194 g/mol. The number of rotatable bonds is 6.